The zero-order valence-corrected chi connectivity index (χ0v) is 13.0. The summed E-state index contributed by atoms with van der Waals surface area (Å²) < 4.78 is 5.03. The molecule has 21 heavy (non-hydrogen) atoms. The minimum absolute atomic E-state index is 0.638. The van der Waals surface area contributed by atoms with Crippen LogP contribution < -0.4 is 4.90 Å². The van der Waals surface area contributed by atoms with E-state index in [1.54, 1.807) is 0 Å². The highest BCUT2D eigenvalue weighted by Gasteiger charge is 2.19. The van der Waals surface area contributed by atoms with Crippen molar-refractivity contribution in [2.24, 2.45) is 0 Å². The molecule has 1 aliphatic heterocycles. The Hall–Kier alpha value is -1.88. The minimum Gasteiger partial charge on any atom is -0.369 e. The van der Waals surface area contributed by atoms with Gasteiger partial charge in [-0.3, -0.25) is 4.90 Å². The lowest BCUT2D eigenvalue weighted by Gasteiger charge is -2.36. The van der Waals surface area contributed by atoms with Gasteiger partial charge in [0.15, 0.2) is 5.82 Å². The maximum absolute atomic E-state index is 5.03. The number of anilines is 1. The first kappa shape index (κ1) is 14.1. The fraction of sp³-hybridized carbons (Fsp3) is 0.500. The normalized spacial score (nSPS) is 16.4. The van der Waals surface area contributed by atoms with Crippen LogP contribution in [0.2, 0.25) is 0 Å². The van der Waals surface area contributed by atoms with Crippen LogP contribution in [0, 0.1) is 20.8 Å². The minimum atomic E-state index is 0.638. The van der Waals surface area contributed by atoms with E-state index < -0.39 is 0 Å². The van der Waals surface area contributed by atoms with E-state index in [2.05, 4.69) is 52.0 Å². The maximum Gasteiger partial charge on any atom is 0.223 e. The average molecular weight is 286 g/mol. The van der Waals surface area contributed by atoms with Gasteiger partial charge in [0.05, 0.1) is 6.54 Å². The average Bonchev–Trinajstić information content (AvgIpc) is 2.88. The van der Waals surface area contributed by atoms with E-state index >= 15 is 0 Å². The molecular weight excluding hydrogens is 264 g/mol. The second kappa shape index (κ2) is 5.85. The number of benzene rings is 1. The fourth-order valence-electron chi connectivity index (χ4n) is 2.81. The molecule has 0 unspecified atom stereocenters. The molecule has 3 rings (SSSR count). The highest BCUT2D eigenvalue weighted by Crippen LogP contribution is 2.23. The lowest BCUT2D eigenvalue weighted by molar-refractivity contribution is 0.240. The van der Waals surface area contributed by atoms with Gasteiger partial charge in [-0.2, -0.15) is 4.98 Å². The number of piperazine rings is 1. The molecule has 1 saturated heterocycles. The second-order valence-corrected chi connectivity index (χ2v) is 5.78. The van der Waals surface area contributed by atoms with Crippen molar-refractivity contribution in [1.82, 2.24) is 15.0 Å². The Kier molecular flexibility index (Phi) is 3.92. The summed E-state index contributed by atoms with van der Waals surface area (Å²) in [5, 5.41) is 3.97. The van der Waals surface area contributed by atoms with Gasteiger partial charge in [-0.25, -0.2) is 0 Å². The molecule has 2 aromatic rings. The maximum atomic E-state index is 5.03. The van der Waals surface area contributed by atoms with E-state index in [-0.39, 0.29) is 0 Å². The second-order valence-electron chi connectivity index (χ2n) is 5.78. The van der Waals surface area contributed by atoms with E-state index in [0.717, 1.165) is 38.5 Å². The molecule has 0 amide bonds. The van der Waals surface area contributed by atoms with Gasteiger partial charge in [0.1, 0.15) is 0 Å². The van der Waals surface area contributed by atoms with Crippen LogP contribution in [0.15, 0.2) is 22.7 Å². The van der Waals surface area contributed by atoms with Crippen LogP contribution in [0.3, 0.4) is 0 Å². The van der Waals surface area contributed by atoms with E-state index in [0.29, 0.717) is 5.89 Å². The van der Waals surface area contributed by atoms with Crippen LogP contribution in [0.25, 0.3) is 0 Å². The van der Waals surface area contributed by atoms with E-state index in [1.165, 1.54) is 16.8 Å². The van der Waals surface area contributed by atoms with Gasteiger partial charge in [-0.1, -0.05) is 17.3 Å². The molecule has 0 N–H and O–H groups in total. The Morgan fingerprint density at radius 1 is 1.10 bits per heavy atom. The first-order valence-corrected chi connectivity index (χ1v) is 7.45. The van der Waals surface area contributed by atoms with Crippen LogP contribution in [0.1, 0.15) is 22.8 Å². The first-order chi connectivity index (χ1) is 10.1. The Morgan fingerprint density at radius 3 is 2.52 bits per heavy atom. The van der Waals surface area contributed by atoms with Crippen molar-refractivity contribution in [3.8, 4) is 0 Å². The topological polar surface area (TPSA) is 45.4 Å². The predicted molar refractivity (Wildman–Crippen MR) is 82.4 cm³/mol. The molecule has 0 saturated carbocycles. The van der Waals surface area contributed by atoms with Crippen molar-refractivity contribution in [2.75, 3.05) is 31.1 Å². The van der Waals surface area contributed by atoms with Gasteiger partial charge < -0.3 is 9.42 Å². The molecule has 0 spiro atoms. The molecule has 5 heteroatoms. The van der Waals surface area contributed by atoms with E-state index in [9.17, 15) is 0 Å². The summed E-state index contributed by atoms with van der Waals surface area (Å²) in [6, 6.07) is 6.67. The van der Waals surface area contributed by atoms with Gasteiger partial charge in [0, 0.05) is 38.8 Å². The molecule has 0 atom stereocenters. The van der Waals surface area contributed by atoms with E-state index in [4.69, 9.17) is 4.52 Å². The number of rotatable bonds is 3. The van der Waals surface area contributed by atoms with Gasteiger partial charge in [0.2, 0.25) is 5.89 Å². The van der Waals surface area contributed by atoms with Crippen LogP contribution in [0.4, 0.5) is 5.69 Å². The standard InChI is InChI=1S/C16H22N4O/c1-12-4-5-13(2)15(10-12)20-8-6-19(7-9-20)11-16-17-14(3)21-18-16/h4-5,10H,6-9,11H2,1-3H3. The zero-order valence-electron chi connectivity index (χ0n) is 13.0. The number of aryl methyl sites for hydroxylation is 3. The van der Waals surface area contributed by atoms with Crippen molar-refractivity contribution in [3.63, 3.8) is 0 Å². The fourth-order valence-corrected chi connectivity index (χ4v) is 2.81. The largest absolute Gasteiger partial charge is 0.369 e. The van der Waals surface area contributed by atoms with Crippen LogP contribution >= 0.6 is 0 Å². The first-order valence-electron chi connectivity index (χ1n) is 7.45. The van der Waals surface area contributed by atoms with E-state index in [1.807, 2.05) is 6.92 Å². The molecule has 1 aromatic heterocycles. The third-order valence-corrected chi connectivity index (χ3v) is 4.01. The van der Waals surface area contributed by atoms with Crippen molar-refractivity contribution in [1.29, 1.82) is 0 Å². The molecule has 0 bridgehead atoms. The van der Waals surface area contributed by atoms with Crippen molar-refractivity contribution in [2.45, 2.75) is 27.3 Å². The van der Waals surface area contributed by atoms with Gasteiger partial charge >= 0.3 is 0 Å². The quantitative estimate of drug-likeness (QED) is 0.866. The summed E-state index contributed by atoms with van der Waals surface area (Å²) in [6.45, 7) is 11.1. The SMILES string of the molecule is Cc1ccc(C)c(N2CCN(Cc3noc(C)n3)CC2)c1. The number of hydrogen-bond donors (Lipinski definition) is 0. The Bertz CT molecular complexity index is 614. The lowest BCUT2D eigenvalue weighted by atomic mass is 10.1. The molecular formula is C16H22N4O. The summed E-state index contributed by atoms with van der Waals surface area (Å²) in [6.07, 6.45) is 0. The highest BCUT2D eigenvalue weighted by atomic mass is 16.5. The van der Waals surface area contributed by atoms with Crippen molar-refractivity contribution < 1.29 is 4.52 Å². The monoisotopic (exact) mass is 286 g/mol. The van der Waals surface area contributed by atoms with Crippen LogP contribution in [-0.4, -0.2) is 41.2 Å². The summed E-state index contributed by atoms with van der Waals surface area (Å²) in [7, 11) is 0. The van der Waals surface area contributed by atoms with Crippen molar-refractivity contribution >= 4 is 5.69 Å². The highest BCUT2D eigenvalue weighted by molar-refractivity contribution is 5.55. The van der Waals surface area contributed by atoms with Gasteiger partial charge in [-0.05, 0) is 31.0 Å². The Balaban J connectivity index is 1.61. The van der Waals surface area contributed by atoms with Crippen molar-refractivity contribution in [3.05, 3.63) is 41.0 Å². The molecule has 5 nitrogen and oxygen atoms in total. The molecule has 1 aromatic carbocycles. The van der Waals surface area contributed by atoms with Crippen LogP contribution in [-0.2, 0) is 6.54 Å². The van der Waals surface area contributed by atoms with Crippen LogP contribution in [0.5, 0.6) is 0 Å². The molecule has 0 aliphatic carbocycles. The molecule has 112 valence electrons. The number of hydrogen-bond acceptors (Lipinski definition) is 5. The van der Waals surface area contributed by atoms with Gasteiger partial charge in [-0.15, -0.1) is 0 Å². The summed E-state index contributed by atoms with van der Waals surface area (Å²) in [4.78, 5) is 9.13. The molecule has 1 aliphatic rings. The number of nitrogens with zero attached hydrogens (tertiary/aromatic N) is 4. The Morgan fingerprint density at radius 2 is 1.86 bits per heavy atom. The summed E-state index contributed by atoms with van der Waals surface area (Å²) in [5.41, 5.74) is 4.04. The zero-order chi connectivity index (χ0) is 14.8. The predicted octanol–water partition coefficient (Wildman–Crippen LogP) is 2.32. The smallest absolute Gasteiger partial charge is 0.223 e. The summed E-state index contributed by atoms with van der Waals surface area (Å²) in [5.74, 6) is 1.42. The molecule has 1 fully saturated rings. The molecule has 2 heterocycles. The summed E-state index contributed by atoms with van der Waals surface area (Å²) >= 11 is 0. The third-order valence-electron chi connectivity index (χ3n) is 4.01. The Labute approximate surface area is 125 Å². The third kappa shape index (κ3) is 3.24. The lowest BCUT2D eigenvalue weighted by Crippen LogP contribution is -2.46. The number of aromatic nitrogens is 2. The molecule has 0 radical (unpaired) electrons. The van der Waals surface area contributed by atoms with Gasteiger partial charge in [0.25, 0.3) is 0 Å².